The number of aliphatic carboxylic acids is 1. The number of amides is 3. The number of carboxylic acid groups (broad SMARTS) is 1. The number of hydrogen-bond acceptors (Lipinski definition) is 4. The molecule has 0 aromatic carbocycles. The van der Waals surface area contributed by atoms with Crippen LogP contribution in [0.5, 0.6) is 0 Å². The first kappa shape index (κ1) is 16.2. The molecule has 0 aromatic rings. The average Bonchev–Trinajstić information content (AvgIpc) is 3.17. The smallest absolute Gasteiger partial charge is 0.329 e. The molecule has 0 atom stereocenters. The predicted octanol–water partition coefficient (Wildman–Crippen LogP) is -0.554. The lowest BCUT2D eigenvalue weighted by Gasteiger charge is -2.07. The van der Waals surface area contributed by atoms with E-state index in [1.807, 2.05) is 0 Å². The van der Waals surface area contributed by atoms with Crippen molar-refractivity contribution in [2.24, 2.45) is 0 Å². The molecular formula is C12H21N3O5. The highest BCUT2D eigenvalue weighted by atomic mass is 16.5. The van der Waals surface area contributed by atoms with Gasteiger partial charge >= 0.3 is 12.0 Å². The third-order valence-corrected chi connectivity index (χ3v) is 2.57. The molecule has 114 valence electrons. The van der Waals surface area contributed by atoms with Crippen molar-refractivity contribution in [2.75, 3.05) is 26.3 Å². The number of carbonyl (C=O) groups is 3. The summed E-state index contributed by atoms with van der Waals surface area (Å²) in [6.45, 7) is 0.421. The zero-order chi connectivity index (χ0) is 14.8. The lowest BCUT2D eigenvalue weighted by molar-refractivity contribution is -0.142. The molecule has 1 fully saturated rings. The van der Waals surface area contributed by atoms with Gasteiger partial charge in [0.1, 0.15) is 6.61 Å². The Morgan fingerprint density at radius 2 is 1.85 bits per heavy atom. The van der Waals surface area contributed by atoms with E-state index in [2.05, 4.69) is 16.0 Å². The summed E-state index contributed by atoms with van der Waals surface area (Å²) >= 11 is 0. The van der Waals surface area contributed by atoms with Gasteiger partial charge in [-0.2, -0.15) is 0 Å². The van der Waals surface area contributed by atoms with Gasteiger partial charge in [-0.1, -0.05) is 0 Å². The van der Waals surface area contributed by atoms with Crippen LogP contribution in [0.2, 0.25) is 0 Å². The van der Waals surface area contributed by atoms with E-state index < -0.39 is 5.97 Å². The second-order valence-electron chi connectivity index (χ2n) is 4.57. The SMILES string of the molecule is O=C(O)COCCNC(=O)NCCCC(=O)NC1CC1. The largest absolute Gasteiger partial charge is 0.480 e. The third-order valence-electron chi connectivity index (χ3n) is 2.57. The molecular weight excluding hydrogens is 266 g/mol. The molecule has 4 N–H and O–H groups in total. The molecule has 8 nitrogen and oxygen atoms in total. The van der Waals surface area contributed by atoms with Crippen molar-refractivity contribution in [3.63, 3.8) is 0 Å². The molecule has 0 unspecified atom stereocenters. The minimum absolute atomic E-state index is 0.0248. The van der Waals surface area contributed by atoms with Gasteiger partial charge in [0.05, 0.1) is 6.61 Å². The van der Waals surface area contributed by atoms with Crippen LogP contribution in [0.4, 0.5) is 4.79 Å². The number of nitrogens with one attached hydrogen (secondary N) is 3. The van der Waals surface area contributed by atoms with E-state index in [9.17, 15) is 14.4 Å². The molecule has 0 aliphatic heterocycles. The van der Waals surface area contributed by atoms with Crippen LogP contribution in [0.1, 0.15) is 25.7 Å². The Bertz CT molecular complexity index is 344. The van der Waals surface area contributed by atoms with Crippen LogP contribution in [0, 0.1) is 0 Å². The van der Waals surface area contributed by atoms with Gasteiger partial charge in [-0.25, -0.2) is 9.59 Å². The van der Waals surface area contributed by atoms with E-state index in [0.717, 1.165) is 12.8 Å². The zero-order valence-electron chi connectivity index (χ0n) is 11.3. The topological polar surface area (TPSA) is 117 Å². The fourth-order valence-electron chi connectivity index (χ4n) is 1.44. The van der Waals surface area contributed by atoms with Gasteiger partial charge in [-0.3, -0.25) is 4.79 Å². The van der Waals surface area contributed by atoms with E-state index in [-0.39, 0.29) is 31.7 Å². The number of carboxylic acids is 1. The van der Waals surface area contributed by atoms with Gasteiger partial charge in [0.25, 0.3) is 0 Å². The van der Waals surface area contributed by atoms with E-state index in [0.29, 0.717) is 25.4 Å². The lowest BCUT2D eigenvalue weighted by atomic mass is 10.3. The number of ether oxygens (including phenoxy) is 1. The van der Waals surface area contributed by atoms with Crippen LogP contribution in [0.25, 0.3) is 0 Å². The van der Waals surface area contributed by atoms with E-state index >= 15 is 0 Å². The summed E-state index contributed by atoms with van der Waals surface area (Å²) in [6.07, 6.45) is 3.12. The maximum absolute atomic E-state index is 11.3. The lowest BCUT2D eigenvalue weighted by Crippen LogP contribution is -2.38. The van der Waals surface area contributed by atoms with Crippen LogP contribution in [0.15, 0.2) is 0 Å². The molecule has 3 amide bonds. The summed E-state index contributed by atoms with van der Waals surface area (Å²) in [7, 11) is 0. The molecule has 1 rings (SSSR count). The van der Waals surface area contributed by atoms with Crippen LogP contribution >= 0.6 is 0 Å². The summed E-state index contributed by atoms with van der Waals surface area (Å²) in [6, 6.07) is 0.0103. The Hall–Kier alpha value is -1.83. The van der Waals surface area contributed by atoms with Crippen molar-refractivity contribution in [3.05, 3.63) is 0 Å². The zero-order valence-corrected chi connectivity index (χ0v) is 11.3. The van der Waals surface area contributed by atoms with Gasteiger partial charge in [-0.15, -0.1) is 0 Å². The van der Waals surface area contributed by atoms with Gasteiger partial charge in [0, 0.05) is 25.6 Å². The molecule has 1 aliphatic rings. The number of urea groups is 1. The molecule has 20 heavy (non-hydrogen) atoms. The Labute approximate surface area is 117 Å². The van der Waals surface area contributed by atoms with Crippen LogP contribution < -0.4 is 16.0 Å². The van der Waals surface area contributed by atoms with E-state index in [1.54, 1.807) is 0 Å². The highest BCUT2D eigenvalue weighted by Gasteiger charge is 2.22. The summed E-state index contributed by atoms with van der Waals surface area (Å²) in [5.74, 6) is -1.02. The molecule has 0 radical (unpaired) electrons. The van der Waals surface area contributed by atoms with Crippen LogP contribution in [-0.4, -0.2) is 55.4 Å². The highest BCUT2D eigenvalue weighted by molar-refractivity contribution is 5.77. The maximum Gasteiger partial charge on any atom is 0.329 e. The van der Waals surface area contributed by atoms with Crippen LogP contribution in [-0.2, 0) is 14.3 Å². The van der Waals surface area contributed by atoms with Gasteiger partial charge in [0.2, 0.25) is 5.91 Å². The van der Waals surface area contributed by atoms with Crippen molar-refractivity contribution < 1.29 is 24.2 Å². The Kier molecular flexibility index (Phi) is 7.41. The second kappa shape index (κ2) is 9.13. The fraction of sp³-hybridized carbons (Fsp3) is 0.750. The van der Waals surface area contributed by atoms with Crippen LogP contribution in [0.3, 0.4) is 0 Å². The predicted molar refractivity (Wildman–Crippen MR) is 70.3 cm³/mol. The van der Waals surface area contributed by atoms with Crippen molar-refractivity contribution in [1.82, 2.24) is 16.0 Å². The number of rotatable bonds is 10. The Morgan fingerprint density at radius 3 is 2.50 bits per heavy atom. The normalized spacial score (nSPS) is 13.6. The molecule has 8 heteroatoms. The minimum atomic E-state index is -1.04. The van der Waals surface area contributed by atoms with Crippen molar-refractivity contribution in [1.29, 1.82) is 0 Å². The molecule has 0 aromatic heterocycles. The molecule has 0 saturated heterocycles. The first-order valence-corrected chi connectivity index (χ1v) is 6.68. The second-order valence-corrected chi connectivity index (χ2v) is 4.57. The Balaban J connectivity index is 1.86. The highest BCUT2D eigenvalue weighted by Crippen LogP contribution is 2.18. The van der Waals surface area contributed by atoms with E-state index in [1.165, 1.54) is 0 Å². The third kappa shape index (κ3) is 9.15. The quantitative estimate of drug-likeness (QED) is 0.402. The number of carbonyl (C=O) groups excluding carboxylic acids is 2. The first-order valence-electron chi connectivity index (χ1n) is 6.68. The molecule has 0 bridgehead atoms. The molecule has 0 spiro atoms. The average molecular weight is 287 g/mol. The number of hydrogen-bond donors (Lipinski definition) is 4. The standard InChI is InChI=1S/C12H21N3O5/c16-10(15-9-3-4-9)2-1-5-13-12(19)14-6-7-20-8-11(17)18/h9H,1-8H2,(H,15,16)(H,17,18)(H2,13,14,19). The minimum Gasteiger partial charge on any atom is -0.480 e. The van der Waals surface area contributed by atoms with Gasteiger partial charge in [-0.05, 0) is 19.3 Å². The monoisotopic (exact) mass is 287 g/mol. The summed E-state index contributed by atoms with van der Waals surface area (Å²) in [5.41, 5.74) is 0. The molecule has 1 aliphatic carbocycles. The summed E-state index contributed by atoms with van der Waals surface area (Å²) in [5, 5.41) is 16.3. The molecule has 1 saturated carbocycles. The van der Waals surface area contributed by atoms with Gasteiger partial charge in [0.15, 0.2) is 0 Å². The van der Waals surface area contributed by atoms with E-state index in [4.69, 9.17) is 9.84 Å². The van der Waals surface area contributed by atoms with Crippen molar-refractivity contribution >= 4 is 17.9 Å². The van der Waals surface area contributed by atoms with Gasteiger partial charge < -0.3 is 25.8 Å². The summed E-state index contributed by atoms with van der Waals surface area (Å²) < 4.78 is 4.75. The fourth-order valence-corrected chi connectivity index (χ4v) is 1.44. The Morgan fingerprint density at radius 1 is 1.15 bits per heavy atom. The summed E-state index contributed by atoms with van der Waals surface area (Å²) in [4.78, 5) is 32.8. The maximum atomic E-state index is 11.3. The molecule has 0 heterocycles. The van der Waals surface area contributed by atoms with Crippen molar-refractivity contribution in [2.45, 2.75) is 31.7 Å². The first-order chi connectivity index (χ1) is 9.58. The van der Waals surface area contributed by atoms with Crippen molar-refractivity contribution in [3.8, 4) is 0 Å².